The van der Waals surface area contributed by atoms with Gasteiger partial charge in [-0.2, -0.15) is 0 Å². The summed E-state index contributed by atoms with van der Waals surface area (Å²) in [6.45, 7) is 2.41. The first kappa shape index (κ1) is 19.4. The molecular formula is C20H19N3O4S. The number of pyridine rings is 1. The van der Waals surface area contributed by atoms with Crippen LogP contribution in [-0.4, -0.2) is 25.9 Å². The van der Waals surface area contributed by atoms with Gasteiger partial charge >= 0.3 is 0 Å². The first-order valence-electron chi connectivity index (χ1n) is 8.55. The van der Waals surface area contributed by atoms with Crippen molar-refractivity contribution in [3.05, 3.63) is 78.6 Å². The van der Waals surface area contributed by atoms with Gasteiger partial charge in [-0.1, -0.05) is 0 Å². The second-order valence-corrected chi connectivity index (χ2v) is 7.47. The lowest BCUT2D eigenvalue weighted by Crippen LogP contribution is -2.14. The van der Waals surface area contributed by atoms with Crippen molar-refractivity contribution in [2.45, 2.75) is 11.8 Å². The molecule has 144 valence electrons. The minimum Gasteiger partial charge on any atom is -0.494 e. The number of rotatable bonds is 7. The van der Waals surface area contributed by atoms with Crippen molar-refractivity contribution in [2.24, 2.45) is 0 Å². The molecule has 0 aliphatic carbocycles. The van der Waals surface area contributed by atoms with Crippen LogP contribution in [0.15, 0.2) is 78.0 Å². The predicted octanol–water partition coefficient (Wildman–Crippen LogP) is 3.53. The van der Waals surface area contributed by atoms with Gasteiger partial charge in [0.25, 0.3) is 15.9 Å². The van der Waals surface area contributed by atoms with Crippen LogP contribution in [0.2, 0.25) is 0 Å². The van der Waals surface area contributed by atoms with Crippen molar-refractivity contribution >= 4 is 27.3 Å². The van der Waals surface area contributed by atoms with Gasteiger partial charge in [-0.15, -0.1) is 0 Å². The van der Waals surface area contributed by atoms with E-state index >= 15 is 0 Å². The van der Waals surface area contributed by atoms with E-state index in [1.54, 1.807) is 42.6 Å². The smallest absolute Gasteiger partial charge is 0.261 e. The summed E-state index contributed by atoms with van der Waals surface area (Å²) >= 11 is 0. The van der Waals surface area contributed by atoms with Gasteiger partial charge in [-0.25, -0.2) is 8.42 Å². The lowest BCUT2D eigenvalue weighted by atomic mass is 10.2. The lowest BCUT2D eigenvalue weighted by Gasteiger charge is -2.10. The average molecular weight is 397 g/mol. The number of anilines is 2. The van der Waals surface area contributed by atoms with Crippen LogP contribution in [0.5, 0.6) is 5.75 Å². The fraction of sp³-hybridized carbons (Fsp3) is 0.100. The van der Waals surface area contributed by atoms with Gasteiger partial charge in [-0.3, -0.25) is 14.5 Å². The minimum atomic E-state index is -3.75. The molecule has 0 saturated carbocycles. The highest BCUT2D eigenvalue weighted by Gasteiger charge is 2.14. The van der Waals surface area contributed by atoms with Gasteiger partial charge in [0, 0.05) is 23.8 Å². The molecule has 0 spiro atoms. The first-order valence-corrected chi connectivity index (χ1v) is 10.0. The van der Waals surface area contributed by atoms with Crippen molar-refractivity contribution in [3.8, 4) is 5.75 Å². The molecule has 2 N–H and O–H groups in total. The molecule has 3 aromatic rings. The number of sulfonamides is 1. The Morgan fingerprint density at radius 1 is 1.00 bits per heavy atom. The molecule has 28 heavy (non-hydrogen) atoms. The fourth-order valence-electron chi connectivity index (χ4n) is 2.42. The molecule has 1 aromatic heterocycles. The van der Waals surface area contributed by atoms with Gasteiger partial charge in [-0.05, 0) is 67.6 Å². The van der Waals surface area contributed by atoms with Crippen molar-refractivity contribution in [1.29, 1.82) is 0 Å². The number of carbonyl (C=O) groups excluding carboxylic acids is 1. The molecule has 2 aromatic carbocycles. The van der Waals surface area contributed by atoms with Gasteiger partial charge in [0.05, 0.1) is 17.1 Å². The topological polar surface area (TPSA) is 97.4 Å². The summed E-state index contributed by atoms with van der Waals surface area (Å²) in [5.74, 6) is 0.343. The monoisotopic (exact) mass is 397 g/mol. The van der Waals surface area contributed by atoms with E-state index in [2.05, 4.69) is 15.0 Å². The van der Waals surface area contributed by atoms with Crippen LogP contribution in [0.25, 0.3) is 0 Å². The van der Waals surface area contributed by atoms with Crippen molar-refractivity contribution in [2.75, 3.05) is 16.6 Å². The predicted molar refractivity (Wildman–Crippen MR) is 107 cm³/mol. The molecule has 0 aliphatic heterocycles. The maximum atomic E-state index is 12.5. The summed E-state index contributed by atoms with van der Waals surface area (Å²) < 4.78 is 32.9. The SMILES string of the molecule is CCOc1ccc(NS(=O)(=O)c2ccc(NC(=O)c3cccnc3)cc2)cc1. The maximum Gasteiger partial charge on any atom is 0.261 e. The van der Waals surface area contributed by atoms with Crippen molar-refractivity contribution in [1.82, 2.24) is 4.98 Å². The van der Waals surface area contributed by atoms with Gasteiger partial charge in [0.2, 0.25) is 0 Å². The number of hydrogen-bond donors (Lipinski definition) is 2. The summed E-state index contributed by atoms with van der Waals surface area (Å²) in [4.78, 5) is 16.1. The minimum absolute atomic E-state index is 0.0840. The highest BCUT2D eigenvalue weighted by Crippen LogP contribution is 2.21. The van der Waals surface area contributed by atoms with E-state index < -0.39 is 10.0 Å². The number of hydrogen-bond acceptors (Lipinski definition) is 5. The third-order valence-corrected chi connectivity index (χ3v) is 5.16. The highest BCUT2D eigenvalue weighted by molar-refractivity contribution is 7.92. The van der Waals surface area contributed by atoms with Crippen LogP contribution in [0, 0.1) is 0 Å². The number of benzene rings is 2. The summed E-state index contributed by atoms with van der Waals surface area (Å²) in [5.41, 5.74) is 1.32. The Bertz CT molecular complexity index is 1040. The van der Waals surface area contributed by atoms with Crippen LogP contribution in [0.1, 0.15) is 17.3 Å². The normalized spacial score (nSPS) is 10.9. The largest absolute Gasteiger partial charge is 0.494 e. The third kappa shape index (κ3) is 4.86. The number of nitrogens with zero attached hydrogens (tertiary/aromatic N) is 1. The zero-order valence-electron chi connectivity index (χ0n) is 15.1. The van der Waals surface area contributed by atoms with Crippen LogP contribution in [0.3, 0.4) is 0 Å². The first-order chi connectivity index (χ1) is 13.5. The molecule has 8 heteroatoms. The van der Waals surface area contributed by atoms with E-state index in [0.29, 0.717) is 29.3 Å². The number of carbonyl (C=O) groups is 1. The number of aromatic nitrogens is 1. The Hall–Kier alpha value is -3.39. The molecule has 0 unspecified atom stereocenters. The standard InChI is InChI=1S/C20H19N3O4S/c1-2-27-18-9-5-17(6-10-18)23-28(25,26)19-11-7-16(8-12-19)22-20(24)15-4-3-13-21-14-15/h3-14,23H,2H2,1H3,(H,22,24). The molecule has 0 saturated heterocycles. The number of ether oxygens (including phenoxy) is 1. The summed E-state index contributed by atoms with van der Waals surface area (Å²) in [7, 11) is -3.75. The fourth-order valence-corrected chi connectivity index (χ4v) is 3.48. The summed E-state index contributed by atoms with van der Waals surface area (Å²) in [6, 6.07) is 15.9. The molecule has 0 bridgehead atoms. The second-order valence-electron chi connectivity index (χ2n) is 5.78. The maximum absolute atomic E-state index is 12.5. The Morgan fingerprint density at radius 3 is 2.29 bits per heavy atom. The van der Waals surface area contributed by atoms with Crippen molar-refractivity contribution in [3.63, 3.8) is 0 Å². The molecular weight excluding hydrogens is 378 g/mol. The van der Waals surface area contributed by atoms with Crippen LogP contribution < -0.4 is 14.8 Å². The Morgan fingerprint density at radius 2 is 1.68 bits per heavy atom. The molecule has 0 atom stereocenters. The highest BCUT2D eigenvalue weighted by atomic mass is 32.2. The van der Waals surface area contributed by atoms with E-state index in [9.17, 15) is 13.2 Å². The second kappa shape index (κ2) is 8.53. The lowest BCUT2D eigenvalue weighted by molar-refractivity contribution is 0.102. The zero-order chi connectivity index (χ0) is 20.0. The molecule has 0 fully saturated rings. The van der Waals surface area contributed by atoms with Crippen LogP contribution >= 0.6 is 0 Å². The van der Waals surface area contributed by atoms with E-state index in [1.165, 1.54) is 30.5 Å². The van der Waals surface area contributed by atoms with Crippen molar-refractivity contribution < 1.29 is 17.9 Å². The van der Waals surface area contributed by atoms with E-state index in [0.717, 1.165) is 0 Å². The number of nitrogens with one attached hydrogen (secondary N) is 2. The van der Waals surface area contributed by atoms with Gasteiger partial charge < -0.3 is 10.1 Å². The molecule has 7 nitrogen and oxygen atoms in total. The van der Waals surface area contributed by atoms with E-state index in [-0.39, 0.29) is 10.8 Å². The van der Waals surface area contributed by atoms with E-state index in [4.69, 9.17) is 4.74 Å². The van der Waals surface area contributed by atoms with Gasteiger partial charge in [0.15, 0.2) is 0 Å². The summed E-state index contributed by atoms with van der Waals surface area (Å²) in [5, 5.41) is 2.70. The Labute approximate surface area is 163 Å². The third-order valence-electron chi connectivity index (χ3n) is 3.76. The Balaban J connectivity index is 1.68. The quantitative estimate of drug-likeness (QED) is 0.636. The molecule has 3 rings (SSSR count). The van der Waals surface area contributed by atoms with Crippen LogP contribution in [-0.2, 0) is 10.0 Å². The zero-order valence-corrected chi connectivity index (χ0v) is 15.9. The van der Waals surface area contributed by atoms with Crippen LogP contribution in [0.4, 0.5) is 11.4 Å². The summed E-state index contributed by atoms with van der Waals surface area (Å²) in [6.07, 6.45) is 3.03. The number of amides is 1. The molecule has 0 aliphatic rings. The molecule has 1 amide bonds. The Kier molecular flexibility index (Phi) is 5.90. The van der Waals surface area contributed by atoms with Gasteiger partial charge in [0.1, 0.15) is 5.75 Å². The molecule has 0 radical (unpaired) electrons. The molecule has 1 heterocycles. The van der Waals surface area contributed by atoms with E-state index in [1.807, 2.05) is 6.92 Å². The average Bonchev–Trinajstić information content (AvgIpc) is 2.70.